The van der Waals surface area contributed by atoms with E-state index in [1.807, 2.05) is 6.61 Å². The monoisotopic (exact) mass is 173 g/mol. The van der Waals surface area contributed by atoms with Gasteiger partial charge < -0.3 is 14.2 Å². The maximum absolute atomic E-state index is 5.33. The Labute approximate surface area is 74.0 Å². The van der Waals surface area contributed by atoms with Crippen molar-refractivity contribution >= 4 is 0 Å². The van der Waals surface area contributed by atoms with Crippen molar-refractivity contribution in [2.24, 2.45) is 0 Å². The molecule has 12 heavy (non-hydrogen) atoms. The van der Waals surface area contributed by atoms with Gasteiger partial charge in [0.05, 0.1) is 6.61 Å². The van der Waals surface area contributed by atoms with Crippen LogP contribution in [0, 0.1) is 6.61 Å². The topological polar surface area (TPSA) is 27.7 Å². The molecule has 1 saturated heterocycles. The van der Waals surface area contributed by atoms with E-state index in [1.54, 1.807) is 0 Å². The van der Waals surface area contributed by atoms with Crippen molar-refractivity contribution in [2.75, 3.05) is 33.0 Å². The molecule has 1 rings (SSSR count). The second-order valence-electron chi connectivity index (χ2n) is 2.76. The first-order valence-corrected chi connectivity index (χ1v) is 4.59. The number of hydrogen-bond acceptors (Lipinski definition) is 3. The molecule has 3 nitrogen and oxygen atoms in total. The smallest absolute Gasteiger partial charge is 0.0859 e. The van der Waals surface area contributed by atoms with Crippen LogP contribution in [-0.2, 0) is 14.2 Å². The molecule has 1 aliphatic heterocycles. The van der Waals surface area contributed by atoms with Crippen LogP contribution in [0.25, 0.3) is 0 Å². The lowest BCUT2D eigenvalue weighted by atomic mass is 10.4. The van der Waals surface area contributed by atoms with Crippen LogP contribution < -0.4 is 0 Å². The average Bonchev–Trinajstić information content (AvgIpc) is 2.05. The summed E-state index contributed by atoms with van der Waals surface area (Å²) in [5.74, 6) is 0. The van der Waals surface area contributed by atoms with Crippen LogP contribution in [-0.4, -0.2) is 33.0 Å². The molecule has 0 bridgehead atoms. The Morgan fingerprint density at radius 1 is 0.750 bits per heavy atom. The normalized spacial score (nSPS) is 24.0. The number of hydrogen-bond donors (Lipinski definition) is 0. The Morgan fingerprint density at radius 2 is 1.42 bits per heavy atom. The quantitative estimate of drug-likeness (QED) is 0.554. The summed E-state index contributed by atoms with van der Waals surface area (Å²) in [6, 6.07) is 0. The molecule has 1 radical (unpaired) electrons. The predicted octanol–water partition coefficient (Wildman–Crippen LogP) is 1.38. The van der Waals surface area contributed by atoms with E-state index in [0.717, 1.165) is 52.3 Å². The summed E-state index contributed by atoms with van der Waals surface area (Å²) >= 11 is 0. The zero-order valence-electron chi connectivity index (χ0n) is 7.46. The Morgan fingerprint density at radius 3 is 2.25 bits per heavy atom. The summed E-state index contributed by atoms with van der Waals surface area (Å²) in [5.41, 5.74) is 0. The van der Waals surface area contributed by atoms with Gasteiger partial charge in [0.1, 0.15) is 0 Å². The van der Waals surface area contributed by atoms with Gasteiger partial charge in [-0.3, -0.25) is 0 Å². The highest BCUT2D eigenvalue weighted by Crippen LogP contribution is 1.96. The third-order valence-corrected chi connectivity index (χ3v) is 1.63. The fourth-order valence-electron chi connectivity index (χ4n) is 1.01. The van der Waals surface area contributed by atoms with Crippen molar-refractivity contribution in [2.45, 2.75) is 19.3 Å². The highest BCUT2D eigenvalue weighted by molar-refractivity contribution is 4.51. The SMILES string of the molecule is [CH]1CCOCCCOCCCO1. The average molecular weight is 173 g/mol. The summed E-state index contributed by atoms with van der Waals surface area (Å²) in [6.07, 6.45) is 2.87. The first-order valence-electron chi connectivity index (χ1n) is 4.59. The second kappa shape index (κ2) is 7.53. The Kier molecular flexibility index (Phi) is 6.25. The van der Waals surface area contributed by atoms with Crippen LogP contribution in [0.5, 0.6) is 0 Å². The summed E-state index contributed by atoms with van der Waals surface area (Å²) in [6.45, 7) is 5.76. The first kappa shape index (κ1) is 9.96. The number of rotatable bonds is 0. The molecule has 1 fully saturated rings. The van der Waals surface area contributed by atoms with Gasteiger partial charge in [0, 0.05) is 33.0 Å². The molecule has 0 spiro atoms. The molecule has 3 heteroatoms. The summed E-state index contributed by atoms with van der Waals surface area (Å²) < 4.78 is 15.9. The fourth-order valence-corrected chi connectivity index (χ4v) is 1.01. The number of ether oxygens (including phenoxy) is 3. The standard InChI is InChI=1S/C9H17O3/c1-4-10-6-2-8-12-9-3-7-11-5-1/h4H,1-3,5-9H2. The van der Waals surface area contributed by atoms with Crippen LogP contribution in [0.4, 0.5) is 0 Å². The molecule has 0 atom stereocenters. The van der Waals surface area contributed by atoms with Gasteiger partial charge in [-0.05, 0) is 19.3 Å². The van der Waals surface area contributed by atoms with E-state index in [1.165, 1.54) is 0 Å². The molecule has 0 N–H and O–H groups in total. The van der Waals surface area contributed by atoms with Crippen LogP contribution >= 0.6 is 0 Å². The van der Waals surface area contributed by atoms with Crippen molar-refractivity contribution in [1.82, 2.24) is 0 Å². The lowest BCUT2D eigenvalue weighted by Gasteiger charge is -2.08. The minimum atomic E-state index is 0.764. The highest BCUT2D eigenvalue weighted by Gasteiger charge is 1.95. The molecule has 0 aromatic carbocycles. The van der Waals surface area contributed by atoms with Crippen molar-refractivity contribution in [3.8, 4) is 0 Å². The third kappa shape index (κ3) is 5.52. The molecule has 0 aliphatic carbocycles. The highest BCUT2D eigenvalue weighted by atomic mass is 16.5. The van der Waals surface area contributed by atoms with Crippen LogP contribution in [0.2, 0.25) is 0 Å². The van der Waals surface area contributed by atoms with Gasteiger partial charge >= 0.3 is 0 Å². The molecule has 0 amide bonds. The Hall–Kier alpha value is -0.120. The molecule has 0 aromatic heterocycles. The summed E-state index contributed by atoms with van der Waals surface area (Å²) in [5, 5.41) is 0. The third-order valence-electron chi connectivity index (χ3n) is 1.63. The zero-order valence-corrected chi connectivity index (χ0v) is 7.46. The van der Waals surface area contributed by atoms with Crippen molar-refractivity contribution in [1.29, 1.82) is 0 Å². The van der Waals surface area contributed by atoms with E-state index in [4.69, 9.17) is 14.2 Å². The molecule has 1 heterocycles. The Bertz CT molecular complexity index is 52.8. The maximum atomic E-state index is 5.33. The zero-order chi connectivity index (χ0) is 8.49. The van der Waals surface area contributed by atoms with Gasteiger partial charge in [0.15, 0.2) is 0 Å². The van der Waals surface area contributed by atoms with Crippen molar-refractivity contribution in [3.05, 3.63) is 6.61 Å². The molecule has 0 aromatic rings. The van der Waals surface area contributed by atoms with Crippen molar-refractivity contribution in [3.63, 3.8) is 0 Å². The lowest BCUT2D eigenvalue weighted by molar-refractivity contribution is 0.0546. The van der Waals surface area contributed by atoms with Gasteiger partial charge in [-0.15, -0.1) is 0 Å². The van der Waals surface area contributed by atoms with E-state index in [2.05, 4.69) is 0 Å². The van der Waals surface area contributed by atoms with E-state index in [0.29, 0.717) is 0 Å². The van der Waals surface area contributed by atoms with Gasteiger partial charge in [-0.2, -0.15) is 0 Å². The van der Waals surface area contributed by atoms with Crippen LogP contribution in [0.1, 0.15) is 19.3 Å². The van der Waals surface area contributed by atoms with Gasteiger partial charge in [-0.25, -0.2) is 0 Å². The molecule has 0 saturated carbocycles. The van der Waals surface area contributed by atoms with Crippen LogP contribution in [0.3, 0.4) is 0 Å². The largest absolute Gasteiger partial charge is 0.381 e. The minimum absolute atomic E-state index is 0.764. The molecule has 0 unspecified atom stereocenters. The van der Waals surface area contributed by atoms with E-state index >= 15 is 0 Å². The van der Waals surface area contributed by atoms with Crippen LogP contribution in [0.15, 0.2) is 0 Å². The van der Waals surface area contributed by atoms with E-state index in [-0.39, 0.29) is 0 Å². The van der Waals surface area contributed by atoms with Crippen molar-refractivity contribution < 1.29 is 14.2 Å². The predicted molar refractivity (Wildman–Crippen MR) is 45.7 cm³/mol. The lowest BCUT2D eigenvalue weighted by Crippen LogP contribution is -2.07. The maximum Gasteiger partial charge on any atom is 0.0859 e. The second-order valence-corrected chi connectivity index (χ2v) is 2.76. The first-order chi connectivity index (χ1) is 6.00. The van der Waals surface area contributed by atoms with E-state index in [9.17, 15) is 0 Å². The fraction of sp³-hybridized carbons (Fsp3) is 0.889. The minimum Gasteiger partial charge on any atom is -0.381 e. The van der Waals surface area contributed by atoms with Gasteiger partial charge in [0.25, 0.3) is 0 Å². The molecule has 1 aliphatic rings. The van der Waals surface area contributed by atoms with E-state index < -0.39 is 0 Å². The molecular weight excluding hydrogens is 156 g/mol. The summed E-state index contributed by atoms with van der Waals surface area (Å²) in [4.78, 5) is 0. The Balaban J connectivity index is 2.00. The van der Waals surface area contributed by atoms with Gasteiger partial charge in [-0.1, -0.05) is 0 Å². The van der Waals surface area contributed by atoms with Gasteiger partial charge in [0.2, 0.25) is 0 Å². The summed E-state index contributed by atoms with van der Waals surface area (Å²) in [7, 11) is 0. The molecule has 71 valence electrons. The molecular formula is C9H17O3.